The fourth-order valence-corrected chi connectivity index (χ4v) is 2.75. The standard InChI is InChI=1S/C14H23N3OS/c1-11(2)17-14(3,13(15)18)8-6-10-19-12-7-4-5-9-16-12/h4-5,7,9,11,17H,6,8,10H2,1-3H3,(H2,15,18). The molecule has 1 unspecified atom stereocenters. The number of carbonyl (C=O) groups is 1. The van der Waals surface area contributed by atoms with Crippen LogP contribution >= 0.6 is 11.8 Å². The second-order valence-corrected chi connectivity index (χ2v) is 6.23. The summed E-state index contributed by atoms with van der Waals surface area (Å²) in [6.07, 6.45) is 3.44. The quantitative estimate of drug-likeness (QED) is 0.566. The normalized spacial score (nSPS) is 14.3. The van der Waals surface area contributed by atoms with Crippen LogP contribution in [0.1, 0.15) is 33.6 Å². The summed E-state index contributed by atoms with van der Waals surface area (Å²) in [5, 5.41) is 4.27. The van der Waals surface area contributed by atoms with Gasteiger partial charge in [-0.05, 0) is 51.5 Å². The summed E-state index contributed by atoms with van der Waals surface area (Å²) in [5.41, 5.74) is 4.87. The molecule has 0 aromatic carbocycles. The van der Waals surface area contributed by atoms with Crippen LogP contribution in [0.4, 0.5) is 0 Å². The van der Waals surface area contributed by atoms with Crippen LogP contribution in [0.15, 0.2) is 29.4 Å². The van der Waals surface area contributed by atoms with E-state index in [1.165, 1.54) is 0 Å². The maximum atomic E-state index is 11.6. The maximum Gasteiger partial charge on any atom is 0.237 e. The summed E-state index contributed by atoms with van der Waals surface area (Å²) in [5.74, 6) is 0.642. The van der Waals surface area contributed by atoms with E-state index >= 15 is 0 Å². The molecule has 0 saturated carbocycles. The van der Waals surface area contributed by atoms with Crippen LogP contribution in [0, 0.1) is 0 Å². The van der Waals surface area contributed by atoms with Gasteiger partial charge in [-0.25, -0.2) is 4.98 Å². The molecule has 4 nitrogen and oxygen atoms in total. The molecule has 0 fully saturated rings. The molecule has 3 N–H and O–H groups in total. The van der Waals surface area contributed by atoms with Crippen LogP contribution in [0.25, 0.3) is 0 Å². The van der Waals surface area contributed by atoms with Gasteiger partial charge in [0.1, 0.15) is 0 Å². The number of nitrogens with two attached hydrogens (primary N) is 1. The van der Waals surface area contributed by atoms with Crippen LogP contribution in [0.3, 0.4) is 0 Å². The highest BCUT2D eigenvalue weighted by Gasteiger charge is 2.30. The molecular weight excluding hydrogens is 258 g/mol. The number of carbonyl (C=O) groups excluding carboxylic acids is 1. The zero-order chi connectivity index (χ0) is 14.3. The third-order valence-electron chi connectivity index (χ3n) is 2.86. The number of rotatable bonds is 8. The molecule has 0 spiro atoms. The molecule has 5 heteroatoms. The monoisotopic (exact) mass is 281 g/mol. The van der Waals surface area contributed by atoms with E-state index in [1.807, 2.05) is 39.0 Å². The van der Waals surface area contributed by atoms with Gasteiger partial charge in [0.25, 0.3) is 0 Å². The van der Waals surface area contributed by atoms with Crippen LogP contribution in [-0.2, 0) is 4.79 Å². The number of hydrogen-bond donors (Lipinski definition) is 2. The predicted molar refractivity (Wildman–Crippen MR) is 80.1 cm³/mol. The molecule has 106 valence electrons. The lowest BCUT2D eigenvalue weighted by Gasteiger charge is -2.29. The maximum absolute atomic E-state index is 11.6. The van der Waals surface area contributed by atoms with Gasteiger partial charge in [0.05, 0.1) is 10.6 Å². The van der Waals surface area contributed by atoms with Crippen LogP contribution < -0.4 is 11.1 Å². The second kappa shape index (κ2) is 7.50. The van der Waals surface area contributed by atoms with E-state index in [0.717, 1.165) is 23.6 Å². The van der Waals surface area contributed by atoms with E-state index in [2.05, 4.69) is 10.3 Å². The van der Waals surface area contributed by atoms with Crippen molar-refractivity contribution in [2.75, 3.05) is 5.75 Å². The number of aromatic nitrogens is 1. The molecule has 0 aliphatic rings. The lowest BCUT2D eigenvalue weighted by molar-refractivity contribution is -0.124. The summed E-state index contributed by atoms with van der Waals surface area (Å²) in [6, 6.07) is 6.11. The molecule has 0 radical (unpaired) electrons. The zero-order valence-electron chi connectivity index (χ0n) is 11.8. The third kappa shape index (κ3) is 5.61. The number of hydrogen-bond acceptors (Lipinski definition) is 4. The van der Waals surface area contributed by atoms with Crippen LogP contribution in [-0.4, -0.2) is 28.2 Å². The fraction of sp³-hybridized carbons (Fsp3) is 0.571. The molecule has 19 heavy (non-hydrogen) atoms. The van der Waals surface area contributed by atoms with E-state index in [-0.39, 0.29) is 11.9 Å². The average molecular weight is 281 g/mol. The lowest BCUT2D eigenvalue weighted by atomic mass is 9.94. The van der Waals surface area contributed by atoms with Gasteiger partial charge in [0, 0.05) is 12.2 Å². The van der Waals surface area contributed by atoms with E-state index in [9.17, 15) is 4.79 Å². The van der Waals surface area contributed by atoms with Gasteiger partial charge >= 0.3 is 0 Å². The first-order valence-electron chi connectivity index (χ1n) is 6.55. The van der Waals surface area contributed by atoms with E-state index in [4.69, 9.17) is 5.73 Å². The van der Waals surface area contributed by atoms with Crippen molar-refractivity contribution >= 4 is 17.7 Å². The molecule has 0 saturated heterocycles. The van der Waals surface area contributed by atoms with Gasteiger partial charge in [-0.3, -0.25) is 4.79 Å². The van der Waals surface area contributed by atoms with Gasteiger partial charge in [0.15, 0.2) is 0 Å². The molecule has 1 heterocycles. The highest BCUT2D eigenvalue weighted by molar-refractivity contribution is 7.99. The fourth-order valence-electron chi connectivity index (χ4n) is 1.94. The van der Waals surface area contributed by atoms with Crippen molar-refractivity contribution in [1.29, 1.82) is 0 Å². The number of amides is 1. The number of nitrogens with zero attached hydrogens (tertiary/aromatic N) is 1. The van der Waals surface area contributed by atoms with Crippen LogP contribution in [0.5, 0.6) is 0 Å². The number of pyridine rings is 1. The van der Waals surface area contributed by atoms with Crippen molar-refractivity contribution in [3.05, 3.63) is 24.4 Å². The minimum Gasteiger partial charge on any atom is -0.368 e. The zero-order valence-corrected chi connectivity index (χ0v) is 12.7. The Bertz CT molecular complexity index is 397. The Morgan fingerprint density at radius 1 is 1.53 bits per heavy atom. The first-order chi connectivity index (χ1) is 8.94. The minimum absolute atomic E-state index is 0.237. The van der Waals surface area contributed by atoms with Gasteiger partial charge in [-0.2, -0.15) is 0 Å². The molecule has 0 aliphatic carbocycles. The molecule has 1 rings (SSSR count). The van der Waals surface area contributed by atoms with Crippen molar-refractivity contribution in [2.45, 2.75) is 50.2 Å². The van der Waals surface area contributed by atoms with Crippen molar-refractivity contribution in [1.82, 2.24) is 10.3 Å². The highest BCUT2D eigenvalue weighted by atomic mass is 32.2. The molecule has 1 aromatic heterocycles. The Labute approximate surface area is 119 Å². The lowest BCUT2D eigenvalue weighted by Crippen LogP contribution is -2.55. The summed E-state index contributed by atoms with van der Waals surface area (Å²) >= 11 is 1.70. The molecular formula is C14H23N3OS. The molecule has 0 aliphatic heterocycles. The Morgan fingerprint density at radius 3 is 2.79 bits per heavy atom. The first-order valence-corrected chi connectivity index (χ1v) is 7.54. The highest BCUT2D eigenvalue weighted by Crippen LogP contribution is 2.19. The van der Waals surface area contributed by atoms with E-state index in [0.29, 0.717) is 0 Å². The van der Waals surface area contributed by atoms with Crippen molar-refractivity contribution in [3.8, 4) is 0 Å². The Balaban J connectivity index is 2.39. The Kier molecular flexibility index (Phi) is 6.31. The molecule has 1 aromatic rings. The topological polar surface area (TPSA) is 68.0 Å². The van der Waals surface area contributed by atoms with Gasteiger partial charge in [-0.1, -0.05) is 6.07 Å². The number of thioether (sulfide) groups is 1. The van der Waals surface area contributed by atoms with Crippen molar-refractivity contribution < 1.29 is 4.79 Å². The predicted octanol–water partition coefficient (Wildman–Crippen LogP) is 2.20. The molecule has 0 bridgehead atoms. The third-order valence-corrected chi connectivity index (χ3v) is 3.89. The largest absolute Gasteiger partial charge is 0.368 e. The van der Waals surface area contributed by atoms with E-state index in [1.54, 1.807) is 18.0 Å². The average Bonchev–Trinajstić information content (AvgIpc) is 2.35. The minimum atomic E-state index is -0.626. The SMILES string of the molecule is CC(C)NC(C)(CCCSc1ccccn1)C(N)=O. The number of nitrogens with one attached hydrogen (secondary N) is 1. The summed E-state index contributed by atoms with van der Waals surface area (Å²) in [7, 11) is 0. The second-order valence-electron chi connectivity index (χ2n) is 5.12. The number of primary amides is 1. The van der Waals surface area contributed by atoms with E-state index < -0.39 is 5.54 Å². The molecule has 1 amide bonds. The summed E-state index contributed by atoms with van der Waals surface area (Å²) in [4.78, 5) is 15.8. The van der Waals surface area contributed by atoms with Crippen LogP contribution in [0.2, 0.25) is 0 Å². The summed E-state index contributed by atoms with van der Waals surface area (Å²) < 4.78 is 0. The smallest absolute Gasteiger partial charge is 0.237 e. The Morgan fingerprint density at radius 2 is 2.26 bits per heavy atom. The van der Waals surface area contributed by atoms with Gasteiger partial charge in [0.2, 0.25) is 5.91 Å². The van der Waals surface area contributed by atoms with Gasteiger partial charge < -0.3 is 11.1 Å². The first kappa shape index (κ1) is 16.0. The molecule has 1 atom stereocenters. The van der Waals surface area contributed by atoms with Crippen molar-refractivity contribution in [3.63, 3.8) is 0 Å². The summed E-state index contributed by atoms with van der Waals surface area (Å²) in [6.45, 7) is 5.91. The van der Waals surface area contributed by atoms with Crippen molar-refractivity contribution in [2.24, 2.45) is 5.73 Å². The Hall–Kier alpha value is -1.07. The van der Waals surface area contributed by atoms with Gasteiger partial charge in [-0.15, -0.1) is 11.8 Å².